The number of halogens is 4. The molecule has 2 aliphatic heterocycles. The smallest absolute Gasteiger partial charge is 0.303 e. The summed E-state index contributed by atoms with van der Waals surface area (Å²) in [6, 6.07) is 6.04. The average Bonchev–Trinajstić information content (AvgIpc) is 3.43. The molecule has 3 heterocycles. The molecule has 4 fully saturated rings. The SMILES string of the molecule is CCC1(CC)CN(c2ncc(C(=O)NCC3CC4CC(CC(=O)O)CC(C3)C4)c(C(C)(F)F)n2)c2ccc(O[C@H]3CC[C@H](N4CC(F)(F)C4)CC3)cc21. The van der Waals surface area contributed by atoms with E-state index in [0.29, 0.717) is 24.9 Å². The largest absolute Gasteiger partial charge is 0.490 e. The van der Waals surface area contributed by atoms with E-state index in [1.165, 1.54) is 6.20 Å². The Labute approximate surface area is 309 Å². The molecule has 53 heavy (non-hydrogen) atoms. The third kappa shape index (κ3) is 8.01. The van der Waals surface area contributed by atoms with Gasteiger partial charge in [0.1, 0.15) is 11.4 Å². The summed E-state index contributed by atoms with van der Waals surface area (Å²) in [5.41, 5.74) is 0.714. The molecule has 13 heteroatoms. The van der Waals surface area contributed by atoms with Crippen LogP contribution in [0.4, 0.5) is 29.2 Å². The van der Waals surface area contributed by atoms with Crippen molar-refractivity contribution >= 4 is 23.5 Å². The second kappa shape index (κ2) is 14.6. The van der Waals surface area contributed by atoms with Gasteiger partial charge >= 0.3 is 5.97 Å². The van der Waals surface area contributed by atoms with E-state index in [0.717, 1.165) is 94.6 Å². The van der Waals surface area contributed by atoms with Crippen LogP contribution in [-0.4, -0.2) is 76.1 Å². The molecule has 7 rings (SSSR count). The number of carbonyl (C=O) groups is 2. The Hall–Kier alpha value is -3.48. The number of aromatic nitrogens is 2. The Morgan fingerprint density at radius 1 is 0.981 bits per heavy atom. The minimum Gasteiger partial charge on any atom is -0.490 e. The van der Waals surface area contributed by atoms with Crippen molar-refractivity contribution in [1.29, 1.82) is 0 Å². The van der Waals surface area contributed by atoms with E-state index in [2.05, 4.69) is 29.1 Å². The zero-order valence-corrected chi connectivity index (χ0v) is 31.1. The molecule has 1 saturated heterocycles. The summed E-state index contributed by atoms with van der Waals surface area (Å²) in [6.07, 6.45) is 10.9. The molecule has 290 valence electrons. The van der Waals surface area contributed by atoms with Crippen LogP contribution in [0.1, 0.15) is 119 Å². The molecular formula is C40H53F4N5O4. The molecule has 1 amide bonds. The van der Waals surface area contributed by atoms with Gasteiger partial charge in [0.15, 0.2) is 0 Å². The molecule has 5 aliphatic rings. The second-order valence-corrected chi connectivity index (χ2v) is 16.8. The van der Waals surface area contributed by atoms with Gasteiger partial charge in [-0.05, 0) is 118 Å². The number of anilines is 2. The molecule has 2 bridgehead atoms. The fourth-order valence-electron chi connectivity index (χ4n) is 10.3. The van der Waals surface area contributed by atoms with E-state index in [1.54, 1.807) is 0 Å². The van der Waals surface area contributed by atoms with Crippen LogP contribution in [-0.2, 0) is 16.1 Å². The molecule has 9 nitrogen and oxygen atoms in total. The summed E-state index contributed by atoms with van der Waals surface area (Å²) in [5.74, 6) is -5.24. The maximum absolute atomic E-state index is 15.2. The van der Waals surface area contributed by atoms with Crippen molar-refractivity contribution in [3.63, 3.8) is 0 Å². The predicted molar refractivity (Wildman–Crippen MR) is 192 cm³/mol. The summed E-state index contributed by atoms with van der Waals surface area (Å²) >= 11 is 0. The monoisotopic (exact) mass is 743 g/mol. The standard InChI is InChI=1S/C40H53F4N5O4/c1-4-39(5-2)21-49(33-11-10-30(18-32(33)39)53-29-8-6-28(7-9-29)48-22-40(43,44)23-48)37-46-20-31(35(47-37)38(3,41)42)36(52)45-19-27-15-24-12-25(16-27)14-26(13-24)17-34(50)51/h10-11,18,20,24-29H,4-9,12-17,19,21-23H2,1-3H3,(H,45,52)(H,50,51)/t24?,25?,26?,27?,28-,29-. The van der Waals surface area contributed by atoms with E-state index >= 15 is 8.78 Å². The number of alkyl halides is 4. The number of ether oxygens (including phenoxy) is 1. The number of aliphatic carboxylic acids is 1. The number of carboxylic acids is 1. The van der Waals surface area contributed by atoms with Crippen molar-refractivity contribution < 1.29 is 37.0 Å². The van der Waals surface area contributed by atoms with E-state index in [4.69, 9.17) is 4.74 Å². The van der Waals surface area contributed by atoms with Crippen LogP contribution in [0.3, 0.4) is 0 Å². The van der Waals surface area contributed by atoms with Gasteiger partial charge in [-0.25, -0.2) is 18.7 Å². The first-order valence-electron chi connectivity index (χ1n) is 19.6. The van der Waals surface area contributed by atoms with Gasteiger partial charge in [0.05, 0.1) is 24.8 Å². The van der Waals surface area contributed by atoms with Gasteiger partial charge in [0, 0.05) is 49.8 Å². The quantitative estimate of drug-likeness (QED) is 0.210. The number of fused-ring (bicyclic) bond motifs is 3. The summed E-state index contributed by atoms with van der Waals surface area (Å²) in [7, 11) is 0. The number of hydrogen-bond acceptors (Lipinski definition) is 7. The van der Waals surface area contributed by atoms with Crippen molar-refractivity contribution in [2.24, 2.45) is 23.7 Å². The van der Waals surface area contributed by atoms with E-state index in [1.807, 2.05) is 28.0 Å². The van der Waals surface area contributed by atoms with E-state index in [-0.39, 0.29) is 60.4 Å². The van der Waals surface area contributed by atoms with Crippen molar-refractivity contribution in [1.82, 2.24) is 20.2 Å². The lowest BCUT2D eigenvalue weighted by Crippen LogP contribution is -2.60. The van der Waals surface area contributed by atoms with Crippen LogP contribution in [0.15, 0.2) is 24.4 Å². The van der Waals surface area contributed by atoms with Crippen LogP contribution in [0.25, 0.3) is 0 Å². The van der Waals surface area contributed by atoms with Gasteiger partial charge in [-0.3, -0.25) is 14.5 Å². The number of amides is 1. The highest BCUT2D eigenvalue weighted by atomic mass is 19.3. The number of nitrogens with one attached hydrogen (secondary N) is 1. The lowest BCUT2D eigenvalue weighted by Gasteiger charge is -2.46. The minimum atomic E-state index is -3.40. The highest BCUT2D eigenvalue weighted by Gasteiger charge is 2.47. The van der Waals surface area contributed by atoms with Crippen molar-refractivity contribution in [2.75, 3.05) is 31.1 Å². The molecule has 1 aromatic carbocycles. The number of nitrogens with zero attached hydrogens (tertiary/aromatic N) is 4. The second-order valence-electron chi connectivity index (χ2n) is 16.8. The first-order valence-corrected chi connectivity index (χ1v) is 19.6. The Bertz CT molecular complexity index is 1650. The molecule has 3 saturated carbocycles. The van der Waals surface area contributed by atoms with Crippen LogP contribution in [0, 0.1) is 23.7 Å². The summed E-state index contributed by atoms with van der Waals surface area (Å²) < 4.78 is 63.7. The van der Waals surface area contributed by atoms with Crippen LogP contribution < -0.4 is 15.0 Å². The number of carboxylic acid groups (broad SMARTS) is 1. The molecule has 0 radical (unpaired) electrons. The van der Waals surface area contributed by atoms with Crippen LogP contribution in [0.2, 0.25) is 0 Å². The summed E-state index contributed by atoms with van der Waals surface area (Å²) in [4.78, 5) is 37.3. The molecule has 2 aromatic rings. The zero-order valence-electron chi connectivity index (χ0n) is 31.1. The lowest BCUT2D eigenvalue weighted by atomic mass is 9.64. The number of benzene rings is 1. The highest BCUT2D eigenvalue weighted by Crippen LogP contribution is 2.50. The normalized spacial score (nSPS) is 29.2. The maximum atomic E-state index is 15.2. The maximum Gasteiger partial charge on any atom is 0.303 e. The molecular weight excluding hydrogens is 690 g/mol. The Kier molecular flexibility index (Phi) is 10.4. The molecule has 1 aromatic heterocycles. The van der Waals surface area contributed by atoms with E-state index in [9.17, 15) is 23.5 Å². The Balaban J connectivity index is 1.04. The molecule has 2 unspecified atom stereocenters. The topological polar surface area (TPSA) is 108 Å². The summed E-state index contributed by atoms with van der Waals surface area (Å²) in [6.45, 7) is 5.52. The molecule has 3 aliphatic carbocycles. The third-order valence-electron chi connectivity index (χ3n) is 13.0. The number of hydrogen-bond donors (Lipinski definition) is 2. The van der Waals surface area contributed by atoms with Gasteiger partial charge in [0.25, 0.3) is 17.8 Å². The Morgan fingerprint density at radius 3 is 2.25 bits per heavy atom. The zero-order chi connectivity index (χ0) is 37.7. The highest BCUT2D eigenvalue weighted by molar-refractivity contribution is 5.95. The number of likely N-dealkylation sites (tertiary alicyclic amines) is 1. The summed E-state index contributed by atoms with van der Waals surface area (Å²) in [5, 5.41) is 12.1. The third-order valence-corrected chi connectivity index (χ3v) is 13.0. The number of rotatable bonds is 12. The van der Waals surface area contributed by atoms with Gasteiger partial charge < -0.3 is 20.1 Å². The first kappa shape index (κ1) is 37.8. The van der Waals surface area contributed by atoms with E-state index < -0.39 is 29.4 Å². The minimum absolute atomic E-state index is 0.00784. The lowest BCUT2D eigenvalue weighted by molar-refractivity contribution is -0.151. The van der Waals surface area contributed by atoms with Gasteiger partial charge in [-0.1, -0.05) is 13.8 Å². The Morgan fingerprint density at radius 2 is 1.64 bits per heavy atom. The van der Waals surface area contributed by atoms with Crippen LogP contribution in [0.5, 0.6) is 5.75 Å². The van der Waals surface area contributed by atoms with Gasteiger partial charge in [-0.2, -0.15) is 8.78 Å². The van der Waals surface area contributed by atoms with Crippen LogP contribution >= 0.6 is 0 Å². The van der Waals surface area contributed by atoms with Crippen molar-refractivity contribution in [3.8, 4) is 5.75 Å². The molecule has 2 atom stereocenters. The average molecular weight is 744 g/mol. The molecule has 2 N–H and O–H groups in total. The predicted octanol–water partition coefficient (Wildman–Crippen LogP) is 8.09. The van der Waals surface area contributed by atoms with Gasteiger partial charge in [0.2, 0.25) is 5.95 Å². The number of carbonyl (C=O) groups excluding carboxylic acids is 1. The molecule has 0 spiro atoms. The first-order chi connectivity index (χ1) is 25.1. The van der Waals surface area contributed by atoms with Crippen molar-refractivity contribution in [2.45, 2.75) is 127 Å². The van der Waals surface area contributed by atoms with Gasteiger partial charge in [-0.15, -0.1) is 0 Å². The van der Waals surface area contributed by atoms with Crippen molar-refractivity contribution in [3.05, 3.63) is 41.2 Å². The fourth-order valence-corrected chi connectivity index (χ4v) is 10.3. The fraction of sp³-hybridized carbons (Fsp3) is 0.700.